The quantitative estimate of drug-likeness (QED) is 0.564. The second kappa shape index (κ2) is 5.83. The summed E-state index contributed by atoms with van der Waals surface area (Å²) in [4.78, 5) is 16.8. The first kappa shape index (κ1) is 16.1. The van der Waals surface area contributed by atoms with Gasteiger partial charge in [-0.25, -0.2) is 14.0 Å². The molecule has 0 saturated heterocycles. The topological polar surface area (TPSA) is 79.8 Å². The molecule has 4 rings (SSSR count). The van der Waals surface area contributed by atoms with Crippen molar-refractivity contribution >= 4 is 10.9 Å². The highest BCUT2D eigenvalue weighted by Crippen LogP contribution is 2.20. The van der Waals surface area contributed by atoms with Crippen LogP contribution in [0.3, 0.4) is 0 Å². The Balaban J connectivity index is 1.83. The van der Waals surface area contributed by atoms with Crippen LogP contribution in [0.4, 0.5) is 0 Å². The summed E-state index contributed by atoms with van der Waals surface area (Å²) in [5.41, 5.74) is 4.00. The predicted molar refractivity (Wildman–Crippen MR) is 97.3 cm³/mol. The molecule has 0 radical (unpaired) electrons. The number of rotatable bonds is 3. The number of pyridine rings is 1. The summed E-state index contributed by atoms with van der Waals surface area (Å²) in [6.45, 7) is 3.92. The summed E-state index contributed by atoms with van der Waals surface area (Å²) < 4.78 is 9.58. The molecular formula is C18H18N6O2. The summed E-state index contributed by atoms with van der Waals surface area (Å²) in [5, 5.41) is 9.71. The number of aromatic nitrogens is 6. The molecule has 26 heavy (non-hydrogen) atoms. The van der Waals surface area contributed by atoms with Gasteiger partial charge in [-0.15, -0.1) is 5.10 Å². The Hall–Kier alpha value is -3.42. The minimum absolute atomic E-state index is 0.257. The Morgan fingerprint density at radius 3 is 2.58 bits per heavy atom. The van der Waals surface area contributed by atoms with Gasteiger partial charge in [0.05, 0.1) is 29.7 Å². The molecule has 3 heterocycles. The van der Waals surface area contributed by atoms with Gasteiger partial charge in [-0.3, -0.25) is 4.98 Å². The molecule has 132 valence electrons. The first-order chi connectivity index (χ1) is 12.5. The average Bonchev–Trinajstić information content (AvgIpc) is 3.16. The minimum atomic E-state index is -0.271. The Bertz CT molecular complexity index is 1180. The smallest absolute Gasteiger partial charge is 0.353 e. The second-order valence-corrected chi connectivity index (χ2v) is 6.11. The summed E-state index contributed by atoms with van der Waals surface area (Å²) in [6, 6.07) is 9.77. The van der Waals surface area contributed by atoms with E-state index < -0.39 is 0 Å². The molecule has 0 fully saturated rings. The molecule has 0 saturated carbocycles. The summed E-state index contributed by atoms with van der Waals surface area (Å²) >= 11 is 0. The highest BCUT2D eigenvalue weighted by Gasteiger charge is 2.13. The van der Waals surface area contributed by atoms with Gasteiger partial charge in [0.2, 0.25) is 0 Å². The molecule has 8 nitrogen and oxygen atoms in total. The molecule has 0 aliphatic carbocycles. The number of hydrogen-bond donors (Lipinski definition) is 0. The molecule has 4 aromatic rings. The summed E-state index contributed by atoms with van der Waals surface area (Å²) in [6.07, 6.45) is 1.92. The lowest BCUT2D eigenvalue weighted by Gasteiger charge is -2.05. The van der Waals surface area contributed by atoms with Gasteiger partial charge < -0.3 is 4.74 Å². The first-order valence-corrected chi connectivity index (χ1v) is 8.12. The number of hydrogen-bond acceptors (Lipinski definition) is 5. The van der Waals surface area contributed by atoms with Crippen LogP contribution in [0.5, 0.6) is 6.01 Å². The number of fused-ring (bicyclic) bond motifs is 1. The maximum Gasteiger partial charge on any atom is 0.353 e. The molecule has 8 heteroatoms. The molecule has 0 spiro atoms. The van der Waals surface area contributed by atoms with Crippen LogP contribution in [0, 0.1) is 13.8 Å². The lowest BCUT2D eigenvalue weighted by molar-refractivity contribution is 0.362. The van der Waals surface area contributed by atoms with E-state index in [0.29, 0.717) is 5.69 Å². The third-order valence-corrected chi connectivity index (χ3v) is 4.30. The van der Waals surface area contributed by atoms with Crippen LogP contribution >= 0.6 is 0 Å². The van der Waals surface area contributed by atoms with Crippen LogP contribution in [0.2, 0.25) is 0 Å². The Labute approximate surface area is 149 Å². The summed E-state index contributed by atoms with van der Waals surface area (Å²) in [7, 11) is 3.10. The van der Waals surface area contributed by atoms with Gasteiger partial charge in [0, 0.05) is 24.3 Å². The molecule has 0 N–H and O–H groups in total. The first-order valence-electron chi connectivity index (χ1n) is 8.12. The minimum Gasteiger partial charge on any atom is -0.467 e. The van der Waals surface area contributed by atoms with Crippen molar-refractivity contribution in [3.05, 3.63) is 58.4 Å². The van der Waals surface area contributed by atoms with Crippen LogP contribution < -0.4 is 10.4 Å². The fourth-order valence-electron chi connectivity index (χ4n) is 2.95. The van der Waals surface area contributed by atoms with Crippen LogP contribution in [0.1, 0.15) is 11.4 Å². The lowest BCUT2D eigenvalue weighted by Crippen LogP contribution is -2.21. The van der Waals surface area contributed by atoms with Crippen molar-refractivity contribution in [2.45, 2.75) is 13.8 Å². The van der Waals surface area contributed by atoms with Crippen molar-refractivity contribution in [2.75, 3.05) is 7.11 Å². The van der Waals surface area contributed by atoms with E-state index >= 15 is 0 Å². The van der Waals surface area contributed by atoms with Crippen LogP contribution in [-0.2, 0) is 7.05 Å². The van der Waals surface area contributed by atoms with Crippen molar-refractivity contribution in [3.8, 4) is 17.4 Å². The van der Waals surface area contributed by atoms with Crippen LogP contribution in [-0.4, -0.2) is 36.2 Å². The highest BCUT2D eigenvalue weighted by molar-refractivity contribution is 5.80. The number of nitrogens with zero attached hydrogens (tertiary/aromatic N) is 6. The largest absolute Gasteiger partial charge is 0.467 e. The number of methoxy groups -OCH3 is 1. The SMILES string of the molecule is COc1nn(-c2ccc3nn(-c4ccc(C)nc4C)cc3c2)c(=O)n1C. The van der Waals surface area contributed by atoms with Gasteiger partial charge in [-0.2, -0.15) is 9.78 Å². The van der Waals surface area contributed by atoms with Crippen LogP contribution in [0.25, 0.3) is 22.3 Å². The standard InChI is InChI=1S/C18H18N6O2/c1-11-5-8-16(12(2)19-11)23-10-13-9-14(6-7-15(13)20-23)24-18(25)22(3)17(21-24)26-4/h5-10H,1-4H3. The zero-order chi connectivity index (χ0) is 18.4. The zero-order valence-electron chi connectivity index (χ0n) is 15.0. The van der Waals surface area contributed by atoms with E-state index in [1.54, 1.807) is 11.7 Å². The van der Waals surface area contributed by atoms with E-state index in [1.165, 1.54) is 16.4 Å². The van der Waals surface area contributed by atoms with Gasteiger partial charge in [0.15, 0.2) is 0 Å². The highest BCUT2D eigenvalue weighted by atomic mass is 16.5. The van der Waals surface area contributed by atoms with E-state index in [0.717, 1.165) is 28.0 Å². The molecule has 0 bridgehead atoms. The van der Waals surface area contributed by atoms with Crippen molar-refractivity contribution in [1.82, 2.24) is 29.1 Å². The monoisotopic (exact) mass is 350 g/mol. The van der Waals surface area contributed by atoms with Crippen molar-refractivity contribution in [2.24, 2.45) is 7.05 Å². The third-order valence-electron chi connectivity index (χ3n) is 4.30. The maximum absolute atomic E-state index is 12.3. The van der Waals surface area contributed by atoms with Gasteiger partial charge in [0.25, 0.3) is 0 Å². The predicted octanol–water partition coefficient (Wildman–Crippen LogP) is 1.93. The Kier molecular flexibility index (Phi) is 3.61. The molecule has 1 aromatic carbocycles. The van der Waals surface area contributed by atoms with Gasteiger partial charge in [0.1, 0.15) is 0 Å². The number of ether oxygens (including phenoxy) is 1. The maximum atomic E-state index is 12.3. The van der Waals surface area contributed by atoms with Crippen LogP contribution in [0.15, 0.2) is 41.3 Å². The van der Waals surface area contributed by atoms with Crippen molar-refractivity contribution in [1.29, 1.82) is 0 Å². The summed E-state index contributed by atoms with van der Waals surface area (Å²) in [5.74, 6) is 0. The van der Waals surface area contributed by atoms with E-state index in [2.05, 4.69) is 15.2 Å². The normalized spacial score (nSPS) is 11.2. The van der Waals surface area contributed by atoms with E-state index in [4.69, 9.17) is 4.74 Å². The molecule has 0 aliphatic heterocycles. The number of aryl methyl sites for hydroxylation is 2. The number of benzene rings is 1. The Morgan fingerprint density at radius 2 is 1.88 bits per heavy atom. The molecule has 3 aromatic heterocycles. The average molecular weight is 350 g/mol. The molecular weight excluding hydrogens is 332 g/mol. The zero-order valence-corrected chi connectivity index (χ0v) is 15.0. The molecule has 0 unspecified atom stereocenters. The van der Waals surface area contributed by atoms with Crippen molar-refractivity contribution < 1.29 is 4.74 Å². The van der Waals surface area contributed by atoms with Crippen molar-refractivity contribution in [3.63, 3.8) is 0 Å². The molecule has 0 aliphatic rings. The fraction of sp³-hybridized carbons (Fsp3) is 0.222. The Morgan fingerprint density at radius 1 is 1.08 bits per heavy atom. The van der Waals surface area contributed by atoms with Gasteiger partial charge in [-0.1, -0.05) is 0 Å². The lowest BCUT2D eigenvalue weighted by atomic mass is 10.2. The molecule has 0 amide bonds. The van der Waals surface area contributed by atoms with Gasteiger partial charge >= 0.3 is 11.7 Å². The third kappa shape index (κ3) is 2.46. The molecule has 0 atom stereocenters. The second-order valence-electron chi connectivity index (χ2n) is 6.11. The fourth-order valence-corrected chi connectivity index (χ4v) is 2.95. The van der Waals surface area contributed by atoms with E-state index in [9.17, 15) is 4.79 Å². The van der Waals surface area contributed by atoms with E-state index in [1.807, 2.05) is 50.4 Å². The van der Waals surface area contributed by atoms with E-state index in [-0.39, 0.29) is 11.7 Å². The van der Waals surface area contributed by atoms with Gasteiger partial charge in [-0.05, 0) is 44.2 Å².